The minimum Gasteiger partial charge on any atom is -0.449 e. The van der Waals surface area contributed by atoms with Gasteiger partial charge in [0.05, 0.1) is 12.7 Å². The van der Waals surface area contributed by atoms with Crippen LogP contribution >= 0.6 is 0 Å². The first kappa shape index (κ1) is 15.3. The van der Waals surface area contributed by atoms with Gasteiger partial charge in [-0.15, -0.1) is 5.10 Å². The van der Waals surface area contributed by atoms with E-state index in [1.807, 2.05) is 0 Å². The van der Waals surface area contributed by atoms with Crippen molar-refractivity contribution in [2.45, 2.75) is 25.3 Å². The first-order valence-corrected chi connectivity index (χ1v) is 7.48. The summed E-state index contributed by atoms with van der Waals surface area (Å²) in [7, 11) is 0. The summed E-state index contributed by atoms with van der Waals surface area (Å²) in [6, 6.07) is 1.21. The molecule has 2 aliphatic rings. The number of hydrogen-bond acceptors (Lipinski definition) is 6. The predicted octanol–water partition coefficient (Wildman–Crippen LogP) is 0.765. The molecule has 3 rings (SSSR count). The molecule has 2 amide bonds. The van der Waals surface area contributed by atoms with Gasteiger partial charge >= 0.3 is 11.9 Å². The number of amides is 2. The number of nitrogens with one attached hydrogen (secondary N) is 1. The van der Waals surface area contributed by atoms with Crippen LogP contribution < -0.4 is 0 Å². The van der Waals surface area contributed by atoms with Crippen molar-refractivity contribution < 1.29 is 19.2 Å². The average Bonchev–Trinajstić information content (AvgIpc) is 3.05. The monoisotopic (exact) mass is 323 g/mol. The Kier molecular flexibility index (Phi) is 4.13. The number of carbonyl (C=O) groups excluding carboxylic acids is 2. The van der Waals surface area contributed by atoms with Crippen LogP contribution in [0.15, 0.2) is 6.07 Å². The first-order valence-electron chi connectivity index (χ1n) is 7.48. The highest BCUT2D eigenvalue weighted by atomic mass is 16.6. The van der Waals surface area contributed by atoms with E-state index in [9.17, 15) is 19.7 Å². The van der Waals surface area contributed by atoms with E-state index in [0.717, 1.165) is 12.5 Å². The maximum atomic E-state index is 12.3. The summed E-state index contributed by atoms with van der Waals surface area (Å²) in [6.45, 7) is 2.11. The van der Waals surface area contributed by atoms with Crippen LogP contribution in [0.3, 0.4) is 0 Å². The Labute approximate surface area is 131 Å². The zero-order valence-corrected chi connectivity index (χ0v) is 12.4. The number of carbonyl (C=O) groups is 2. The molecule has 2 fully saturated rings. The van der Waals surface area contributed by atoms with E-state index in [0.29, 0.717) is 39.1 Å². The second-order valence-electron chi connectivity index (χ2n) is 5.58. The highest BCUT2D eigenvalue weighted by Crippen LogP contribution is 2.21. The molecule has 10 nitrogen and oxygen atoms in total. The van der Waals surface area contributed by atoms with E-state index in [1.165, 1.54) is 0 Å². The highest BCUT2D eigenvalue weighted by Gasteiger charge is 2.33. The zero-order chi connectivity index (χ0) is 16.4. The summed E-state index contributed by atoms with van der Waals surface area (Å²) in [5, 5.41) is 16.5. The van der Waals surface area contributed by atoms with Crippen LogP contribution in [0.5, 0.6) is 0 Å². The molecule has 0 atom stereocenters. The van der Waals surface area contributed by atoms with Gasteiger partial charge in [0.1, 0.15) is 0 Å². The molecule has 0 unspecified atom stereocenters. The molecule has 1 N–H and O–H groups in total. The van der Waals surface area contributed by atoms with Crippen molar-refractivity contribution in [1.29, 1.82) is 0 Å². The van der Waals surface area contributed by atoms with Gasteiger partial charge in [-0.1, -0.05) is 5.10 Å². The van der Waals surface area contributed by atoms with Gasteiger partial charge in [0.25, 0.3) is 5.91 Å². The van der Waals surface area contributed by atoms with Crippen molar-refractivity contribution in [3.05, 3.63) is 21.9 Å². The summed E-state index contributed by atoms with van der Waals surface area (Å²) in [4.78, 5) is 37.4. The van der Waals surface area contributed by atoms with E-state index < -0.39 is 4.92 Å². The van der Waals surface area contributed by atoms with Crippen molar-refractivity contribution in [3.8, 4) is 0 Å². The molecule has 124 valence electrons. The van der Waals surface area contributed by atoms with Gasteiger partial charge < -0.3 is 24.7 Å². The van der Waals surface area contributed by atoms with E-state index >= 15 is 0 Å². The first-order chi connectivity index (χ1) is 11.1. The number of ether oxygens (including phenoxy) is 1. The number of aromatic nitrogens is 2. The molecular weight excluding hydrogens is 306 g/mol. The average molecular weight is 323 g/mol. The van der Waals surface area contributed by atoms with Crippen LogP contribution in [0.2, 0.25) is 0 Å². The second kappa shape index (κ2) is 6.23. The minimum atomic E-state index is -0.627. The SMILES string of the molecule is O=C(c1cc([N+](=O)[O-])[nH]n1)N1CCC(N2CCCOC2=O)CC1. The van der Waals surface area contributed by atoms with Gasteiger partial charge in [-0.05, 0) is 24.2 Å². The summed E-state index contributed by atoms with van der Waals surface area (Å²) in [5.41, 5.74) is 0.0348. The van der Waals surface area contributed by atoms with Crippen LogP contribution in [-0.4, -0.2) is 69.2 Å². The van der Waals surface area contributed by atoms with E-state index in [2.05, 4.69) is 10.2 Å². The molecule has 1 aromatic heterocycles. The third-order valence-electron chi connectivity index (χ3n) is 4.18. The maximum absolute atomic E-state index is 12.3. The van der Waals surface area contributed by atoms with E-state index in [1.54, 1.807) is 9.80 Å². The molecule has 23 heavy (non-hydrogen) atoms. The molecule has 0 radical (unpaired) electrons. The number of cyclic esters (lactones) is 1. The van der Waals surface area contributed by atoms with Crippen LogP contribution in [-0.2, 0) is 4.74 Å². The number of nitro groups is 1. The quantitative estimate of drug-likeness (QED) is 0.647. The van der Waals surface area contributed by atoms with Crippen LogP contribution in [0.4, 0.5) is 10.6 Å². The second-order valence-corrected chi connectivity index (χ2v) is 5.58. The lowest BCUT2D eigenvalue weighted by Gasteiger charge is -2.39. The molecule has 2 aliphatic heterocycles. The molecule has 10 heteroatoms. The Morgan fingerprint density at radius 1 is 1.39 bits per heavy atom. The van der Waals surface area contributed by atoms with Crippen molar-refractivity contribution >= 4 is 17.8 Å². The molecule has 0 aliphatic carbocycles. The molecule has 2 saturated heterocycles. The lowest BCUT2D eigenvalue weighted by atomic mass is 10.0. The number of aromatic amines is 1. The fourth-order valence-electron chi connectivity index (χ4n) is 2.96. The standard InChI is InChI=1S/C13H17N5O5/c19-12(10-8-11(15-14-10)18(21)22)16-5-2-9(3-6-16)17-4-1-7-23-13(17)20/h8-9H,1-7H2,(H,14,15). The summed E-state index contributed by atoms with van der Waals surface area (Å²) >= 11 is 0. The number of rotatable bonds is 3. The Balaban J connectivity index is 1.58. The Hall–Kier alpha value is -2.65. The van der Waals surface area contributed by atoms with Gasteiger partial charge in [-0.3, -0.25) is 4.79 Å². The molecule has 3 heterocycles. The third kappa shape index (κ3) is 3.10. The number of hydrogen-bond donors (Lipinski definition) is 1. The molecule has 0 spiro atoms. The lowest BCUT2D eigenvalue weighted by Crippen LogP contribution is -2.51. The smallest absolute Gasteiger partial charge is 0.410 e. The molecule has 0 aromatic carbocycles. The summed E-state index contributed by atoms with van der Waals surface area (Å²) < 4.78 is 5.04. The van der Waals surface area contributed by atoms with Crippen molar-refractivity contribution in [1.82, 2.24) is 20.0 Å². The fourth-order valence-corrected chi connectivity index (χ4v) is 2.96. The predicted molar refractivity (Wildman–Crippen MR) is 76.8 cm³/mol. The fraction of sp³-hybridized carbons (Fsp3) is 0.615. The van der Waals surface area contributed by atoms with Gasteiger partial charge in [0, 0.05) is 25.7 Å². The summed E-state index contributed by atoms with van der Waals surface area (Å²) in [5.74, 6) is -0.645. The van der Waals surface area contributed by atoms with Gasteiger partial charge in [0.15, 0.2) is 5.69 Å². The number of H-pyrrole nitrogens is 1. The molecule has 0 saturated carbocycles. The minimum absolute atomic E-state index is 0.0348. The van der Waals surface area contributed by atoms with Crippen molar-refractivity contribution in [3.63, 3.8) is 0 Å². The van der Waals surface area contributed by atoms with Crippen LogP contribution in [0, 0.1) is 10.1 Å². The largest absolute Gasteiger partial charge is 0.449 e. The topological polar surface area (TPSA) is 122 Å². The van der Waals surface area contributed by atoms with Gasteiger partial charge in [-0.2, -0.15) is 0 Å². The normalized spacial score (nSPS) is 19.6. The van der Waals surface area contributed by atoms with Crippen LogP contribution in [0.25, 0.3) is 0 Å². The molecule has 1 aromatic rings. The number of piperidine rings is 1. The third-order valence-corrected chi connectivity index (χ3v) is 4.18. The Morgan fingerprint density at radius 3 is 2.74 bits per heavy atom. The van der Waals surface area contributed by atoms with Crippen LogP contribution in [0.1, 0.15) is 29.8 Å². The van der Waals surface area contributed by atoms with E-state index in [-0.39, 0.29) is 29.6 Å². The van der Waals surface area contributed by atoms with Crippen molar-refractivity contribution in [2.24, 2.45) is 0 Å². The lowest BCUT2D eigenvalue weighted by molar-refractivity contribution is -0.389. The molecule has 0 bridgehead atoms. The highest BCUT2D eigenvalue weighted by molar-refractivity contribution is 5.92. The van der Waals surface area contributed by atoms with Gasteiger partial charge in [-0.25, -0.2) is 4.79 Å². The van der Waals surface area contributed by atoms with Gasteiger partial charge in [0.2, 0.25) is 0 Å². The van der Waals surface area contributed by atoms with Crippen molar-refractivity contribution in [2.75, 3.05) is 26.2 Å². The Morgan fingerprint density at radius 2 is 2.13 bits per heavy atom. The maximum Gasteiger partial charge on any atom is 0.410 e. The molecular formula is C13H17N5O5. The Bertz CT molecular complexity index is 622. The zero-order valence-electron chi connectivity index (χ0n) is 12.4. The van der Waals surface area contributed by atoms with E-state index in [4.69, 9.17) is 4.74 Å². The number of likely N-dealkylation sites (tertiary alicyclic amines) is 1. The number of nitrogens with zero attached hydrogens (tertiary/aromatic N) is 4. The summed E-state index contributed by atoms with van der Waals surface area (Å²) in [6.07, 6.45) is 1.85.